The summed E-state index contributed by atoms with van der Waals surface area (Å²) in [5, 5.41) is 16.1. The van der Waals surface area contributed by atoms with Crippen molar-refractivity contribution in [1.29, 1.82) is 0 Å². The molecule has 0 fully saturated rings. The maximum absolute atomic E-state index is 12.3. The molecule has 0 aliphatic carbocycles. The van der Waals surface area contributed by atoms with E-state index in [4.69, 9.17) is 4.52 Å². The zero-order chi connectivity index (χ0) is 17.8. The van der Waals surface area contributed by atoms with E-state index in [2.05, 4.69) is 15.5 Å². The van der Waals surface area contributed by atoms with Gasteiger partial charge >= 0.3 is 5.97 Å². The van der Waals surface area contributed by atoms with Gasteiger partial charge in [-0.1, -0.05) is 23.4 Å². The van der Waals surface area contributed by atoms with Crippen molar-refractivity contribution < 1.29 is 19.2 Å². The molecule has 0 bridgehead atoms. The number of nitrogens with zero attached hydrogens (tertiary/aromatic N) is 2. The molecular weight excluding hydrogens is 322 g/mol. The molecule has 2 N–H and O–H groups in total. The maximum atomic E-state index is 12.3. The van der Waals surface area contributed by atoms with Crippen LogP contribution in [0.2, 0.25) is 0 Å². The molecule has 3 aromatic rings. The van der Waals surface area contributed by atoms with Crippen LogP contribution >= 0.6 is 0 Å². The van der Waals surface area contributed by atoms with Crippen LogP contribution in [0.4, 0.5) is 0 Å². The highest BCUT2D eigenvalue weighted by atomic mass is 16.5. The van der Waals surface area contributed by atoms with Crippen LogP contribution in [-0.4, -0.2) is 27.1 Å². The van der Waals surface area contributed by atoms with Gasteiger partial charge in [0.2, 0.25) is 0 Å². The molecule has 7 nitrogen and oxygen atoms in total. The Morgan fingerprint density at radius 2 is 1.92 bits per heavy atom. The molecule has 126 valence electrons. The van der Waals surface area contributed by atoms with Crippen molar-refractivity contribution >= 4 is 11.9 Å². The first-order valence-corrected chi connectivity index (χ1v) is 7.57. The Kier molecular flexibility index (Phi) is 4.56. The average molecular weight is 337 g/mol. The van der Waals surface area contributed by atoms with E-state index in [1.165, 1.54) is 6.20 Å². The number of benzene rings is 1. The number of carboxylic acids is 1. The number of carbonyl (C=O) groups excluding carboxylic acids is 1. The molecule has 25 heavy (non-hydrogen) atoms. The molecule has 1 amide bonds. The van der Waals surface area contributed by atoms with Crippen molar-refractivity contribution in [2.45, 2.75) is 13.0 Å². The van der Waals surface area contributed by atoms with Crippen molar-refractivity contribution in [3.63, 3.8) is 0 Å². The molecule has 0 saturated heterocycles. The van der Waals surface area contributed by atoms with Crippen molar-refractivity contribution in [2.75, 3.05) is 0 Å². The van der Waals surface area contributed by atoms with E-state index in [0.29, 0.717) is 11.1 Å². The van der Waals surface area contributed by atoms with Crippen LogP contribution in [0.5, 0.6) is 0 Å². The fourth-order valence-corrected chi connectivity index (χ4v) is 2.44. The molecule has 0 aliphatic heterocycles. The summed E-state index contributed by atoms with van der Waals surface area (Å²) in [4.78, 5) is 27.9. The zero-order valence-corrected chi connectivity index (χ0v) is 13.3. The van der Waals surface area contributed by atoms with Crippen LogP contribution in [-0.2, 0) is 0 Å². The topological polar surface area (TPSA) is 105 Å². The van der Waals surface area contributed by atoms with Crippen LogP contribution in [0, 0.1) is 0 Å². The fraction of sp³-hybridized carbons (Fsp3) is 0.111. The van der Waals surface area contributed by atoms with Crippen molar-refractivity contribution in [2.24, 2.45) is 0 Å². The number of hydrogen-bond acceptors (Lipinski definition) is 5. The molecule has 0 unspecified atom stereocenters. The van der Waals surface area contributed by atoms with Crippen molar-refractivity contribution in [3.05, 3.63) is 71.7 Å². The van der Waals surface area contributed by atoms with Gasteiger partial charge in [0.05, 0.1) is 6.04 Å². The second-order valence-electron chi connectivity index (χ2n) is 5.38. The quantitative estimate of drug-likeness (QED) is 0.741. The lowest BCUT2D eigenvalue weighted by molar-refractivity contribution is 0.0692. The second-order valence-corrected chi connectivity index (χ2v) is 5.38. The van der Waals surface area contributed by atoms with Gasteiger partial charge in [-0.05, 0) is 31.2 Å². The summed E-state index contributed by atoms with van der Waals surface area (Å²) < 4.78 is 5.24. The molecule has 1 aromatic carbocycles. The Morgan fingerprint density at radius 1 is 1.16 bits per heavy atom. The van der Waals surface area contributed by atoms with Crippen LogP contribution < -0.4 is 5.32 Å². The van der Waals surface area contributed by atoms with E-state index < -0.39 is 12.0 Å². The first kappa shape index (κ1) is 16.4. The molecular formula is C18H15N3O4. The average Bonchev–Trinajstić information content (AvgIpc) is 3.08. The van der Waals surface area contributed by atoms with Crippen LogP contribution in [0.25, 0.3) is 11.3 Å². The highest BCUT2D eigenvalue weighted by molar-refractivity contribution is 5.97. The van der Waals surface area contributed by atoms with Gasteiger partial charge in [0.1, 0.15) is 11.3 Å². The largest absolute Gasteiger partial charge is 0.477 e. The lowest BCUT2D eigenvalue weighted by Crippen LogP contribution is -2.27. The number of aromatic carboxylic acids is 1. The Morgan fingerprint density at radius 3 is 2.56 bits per heavy atom. The predicted octanol–water partition coefficient (Wildman–Crippen LogP) is 2.93. The number of amides is 1. The lowest BCUT2D eigenvalue weighted by atomic mass is 10.0. The smallest absolute Gasteiger partial charge is 0.341 e. The van der Waals surface area contributed by atoms with Gasteiger partial charge in [-0.3, -0.25) is 9.78 Å². The van der Waals surface area contributed by atoms with Crippen molar-refractivity contribution in [3.8, 4) is 11.3 Å². The number of carboxylic acid groups (broad SMARTS) is 1. The number of carbonyl (C=O) groups is 2. The molecule has 3 rings (SSSR count). The number of rotatable bonds is 5. The summed E-state index contributed by atoms with van der Waals surface area (Å²) in [5.41, 5.74) is 1.08. The van der Waals surface area contributed by atoms with E-state index >= 15 is 0 Å². The minimum atomic E-state index is -1.18. The Bertz CT molecular complexity index is 891. The molecule has 0 saturated carbocycles. The first-order valence-electron chi connectivity index (χ1n) is 7.57. The Balaban J connectivity index is 1.91. The van der Waals surface area contributed by atoms with Crippen LogP contribution in [0.3, 0.4) is 0 Å². The summed E-state index contributed by atoms with van der Waals surface area (Å²) in [6, 6.07) is 11.3. The molecule has 1 atom stereocenters. The van der Waals surface area contributed by atoms with Crippen LogP contribution in [0.15, 0.2) is 59.4 Å². The standard InChI is InChI=1S/C18H15N3O4/c1-11(20-17(22)12-6-3-2-4-7-12)16-14(18(23)24)15(21-25-16)13-8-5-9-19-10-13/h2-11H,1H3,(H,20,22)(H,23,24)/t11-/m1/s1. The Labute approximate surface area is 143 Å². The van der Waals surface area contributed by atoms with Crippen molar-refractivity contribution in [1.82, 2.24) is 15.5 Å². The lowest BCUT2D eigenvalue weighted by Gasteiger charge is -2.11. The maximum Gasteiger partial charge on any atom is 0.341 e. The predicted molar refractivity (Wildman–Crippen MR) is 89.0 cm³/mol. The summed E-state index contributed by atoms with van der Waals surface area (Å²) in [6.45, 7) is 1.64. The molecule has 2 aromatic heterocycles. The van der Waals surface area contributed by atoms with Gasteiger partial charge in [-0.25, -0.2) is 4.79 Å². The first-order chi connectivity index (χ1) is 12.1. The molecule has 7 heteroatoms. The highest BCUT2D eigenvalue weighted by Gasteiger charge is 2.28. The second kappa shape index (κ2) is 6.96. The van der Waals surface area contributed by atoms with E-state index in [-0.39, 0.29) is 22.9 Å². The zero-order valence-electron chi connectivity index (χ0n) is 13.3. The minimum absolute atomic E-state index is 0.0793. The number of nitrogens with one attached hydrogen (secondary N) is 1. The third-order valence-corrected chi connectivity index (χ3v) is 3.64. The number of aromatic nitrogens is 2. The van der Waals surface area contributed by atoms with Gasteiger partial charge < -0.3 is 14.9 Å². The fourth-order valence-electron chi connectivity index (χ4n) is 2.44. The molecule has 2 heterocycles. The van der Waals surface area contributed by atoms with E-state index in [1.807, 2.05) is 0 Å². The summed E-state index contributed by atoms with van der Waals surface area (Å²) >= 11 is 0. The van der Waals surface area contributed by atoms with E-state index in [1.54, 1.807) is 55.6 Å². The van der Waals surface area contributed by atoms with Gasteiger partial charge in [0.15, 0.2) is 5.76 Å². The summed E-state index contributed by atoms with van der Waals surface area (Å²) in [5.74, 6) is -1.43. The highest BCUT2D eigenvalue weighted by Crippen LogP contribution is 2.28. The molecule has 0 spiro atoms. The molecule has 0 radical (unpaired) electrons. The SMILES string of the molecule is C[C@@H](NC(=O)c1ccccc1)c1onc(-c2cccnc2)c1C(=O)O. The minimum Gasteiger partial charge on any atom is -0.477 e. The van der Waals surface area contributed by atoms with Gasteiger partial charge in [-0.2, -0.15) is 0 Å². The normalized spacial score (nSPS) is 11.7. The van der Waals surface area contributed by atoms with E-state index in [9.17, 15) is 14.7 Å². The number of hydrogen-bond donors (Lipinski definition) is 2. The van der Waals surface area contributed by atoms with Gasteiger partial charge in [0.25, 0.3) is 5.91 Å². The van der Waals surface area contributed by atoms with Crippen LogP contribution in [0.1, 0.15) is 39.4 Å². The van der Waals surface area contributed by atoms with E-state index in [0.717, 1.165) is 0 Å². The monoisotopic (exact) mass is 337 g/mol. The third kappa shape index (κ3) is 3.40. The molecule has 0 aliphatic rings. The summed E-state index contributed by atoms with van der Waals surface area (Å²) in [7, 11) is 0. The number of pyridine rings is 1. The third-order valence-electron chi connectivity index (χ3n) is 3.64. The van der Waals surface area contributed by atoms with Gasteiger partial charge in [0, 0.05) is 23.5 Å². The summed E-state index contributed by atoms with van der Waals surface area (Å²) in [6.07, 6.45) is 3.08. The Hall–Kier alpha value is -3.48. The van der Waals surface area contributed by atoms with Gasteiger partial charge in [-0.15, -0.1) is 0 Å².